The molecule has 0 amide bonds. The highest BCUT2D eigenvalue weighted by molar-refractivity contribution is 5.89. The monoisotopic (exact) mass is 273 g/mol. The maximum absolute atomic E-state index is 11.7. The predicted octanol–water partition coefficient (Wildman–Crippen LogP) is 1.46. The largest absolute Gasteiger partial charge is 0.481 e. The van der Waals surface area contributed by atoms with E-state index in [1.54, 1.807) is 0 Å². The Kier molecular flexibility index (Phi) is 8.78. The predicted molar refractivity (Wildman–Crippen MR) is 69.3 cm³/mol. The molecular weight excluding hydrogens is 250 g/mol. The van der Waals surface area contributed by atoms with E-state index in [4.69, 9.17) is 15.6 Å². The van der Waals surface area contributed by atoms with E-state index in [1.807, 2.05) is 13.8 Å². The molecule has 6 heteroatoms. The minimum absolute atomic E-state index is 0.0345. The molecule has 2 atom stereocenters. The Hall–Kier alpha value is -1.43. The summed E-state index contributed by atoms with van der Waals surface area (Å²) in [4.78, 5) is 33.6. The highest BCUT2D eigenvalue weighted by atomic mass is 16.6. The van der Waals surface area contributed by atoms with Gasteiger partial charge in [0.2, 0.25) is 0 Å². The average Bonchev–Trinajstić information content (AvgIpc) is 2.36. The molecule has 0 saturated carbocycles. The molecule has 0 aliphatic carbocycles. The minimum atomic E-state index is -1.07. The van der Waals surface area contributed by atoms with Crippen molar-refractivity contribution in [2.24, 2.45) is 11.7 Å². The van der Waals surface area contributed by atoms with Crippen molar-refractivity contribution >= 4 is 17.9 Å². The van der Waals surface area contributed by atoms with Gasteiger partial charge in [-0.3, -0.25) is 9.59 Å². The van der Waals surface area contributed by atoms with Gasteiger partial charge in [0, 0.05) is 6.42 Å². The maximum atomic E-state index is 11.7. The number of esters is 2. The molecule has 0 heterocycles. The molecule has 0 saturated heterocycles. The number of nitrogens with two attached hydrogens (primary N) is 1. The molecule has 0 aromatic rings. The topological polar surface area (TPSA) is 107 Å². The van der Waals surface area contributed by atoms with Gasteiger partial charge in [-0.2, -0.15) is 0 Å². The second-order valence-electron chi connectivity index (χ2n) is 4.53. The molecule has 0 rings (SSSR count). The first-order valence-corrected chi connectivity index (χ1v) is 6.65. The lowest BCUT2D eigenvalue weighted by molar-refractivity contribution is -0.163. The van der Waals surface area contributed by atoms with Crippen LogP contribution in [-0.2, 0) is 19.1 Å². The number of aliphatic carboxylic acids is 1. The van der Waals surface area contributed by atoms with Crippen LogP contribution in [0.5, 0.6) is 0 Å². The molecule has 110 valence electrons. The zero-order valence-electron chi connectivity index (χ0n) is 11.6. The van der Waals surface area contributed by atoms with Gasteiger partial charge in [-0.1, -0.05) is 26.7 Å². The Morgan fingerprint density at radius 2 is 1.79 bits per heavy atom. The number of carbonyl (C=O) groups is 3. The number of hydrogen-bond donors (Lipinski definition) is 2. The van der Waals surface area contributed by atoms with Gasteiger partial charge >= 0.3 is 17.9 Å². The van der Waals surface area contributed by atoms with Crippen LogP contribution in [0.4, 0.5) is 0 Å². The molecule has 0 aliphatic rings. The number of hydrogen-bond acceptors (Lipinski definition) is 5. The number of unbranched alkanes of at least 4 members (excludes halogenated alkanes) is 1. The van der Waals surface area contributed by atoms with Crippen molar-refractivity contribution in [1.82, 2.24) is 0 Å². The molecule has 0 aromatic heterocycles. The summed E-state index contributed by atoms with van der Waals surface area (Å²) < 4.78 is 4.70. The fourth-order valence-corrected chi connectivity index (χ4v) is 1.59. The van der Waals surface area contributed by atoms with Crippen LogP contribution < -0.4 is 5.73 Å². The van der Waals surface area contributed by atoms with E-state index < -0.39 is 23.9 Å². The van der Waals surface area contributed by atoms with Crippen molar-refractivity contribution in [2.45, 2.75) is 58.4 Å². The van der Waals surface area contributed by atoms with E-state index in [0.717, 1.165) is 12.8 Å². The fourth-order valence-electron chi connectivity index (χ4n) is 1.59. The van der Waals surface area contributed by atoms with Crippen molar-refractivity contribution in [3.8, 4) is 0 Å². The van der Waals surface area contributed by atoms with E-state index in [1.165, 1.54) is 0 Å². The number of carboxylic acid groups (broad SMARTS) is 1. The van der Waals surface area contributed by atoms with Gasteiger partial charge in [0.1, 0.15) is 6.04 Å². The second-order valence-corrected chi connectivity index (χ2v) is 4.53. The normalized spacial score (nSPS) is 13.6. The van der Waals surface area contributed by atoms with E-state index in [9.17, 15) is 14.4 Å². The molecular formula is C13H23NO5. The summed E-state index contributed by atoms with van der Waals surface area (Å²) in [7, 11) is 0. The van der Waals surface area contributed by atoms with Crippen LogP contribution in [0.3, 0.4) is 0 Å². The van der Waals surface area contributed by atoms with Crippen LogP contribution in [0, 0.1) is 5.92 Å². The molecule has 0 aromatic carbocycles. The maximum Gasteiger partial charge on any atom is 0.330 e. The zero-order valence-corrected chi connectivity index (χ0v) is 11.6. The SMILES string of the molecule is CCCCC(CC)C(=O)OC(=O)C(N)CCC(=O)O. The highest BCUT2D eigenvalue weighted by Gasteiger charge is 2.24. The van der Waals surface area contributed by atoms with Gasteiger partial charge in [0.15, 0.2) is 0 Å². The van der Waals surface area contributed by atoms with E-state index >= 15 is 0 Å². The summed E-state index contributed by atoms with van der Waals surface area (Å²) in [6, 6.07) is -1.07. The van der Waals surface area contributed by atoms with Gasteiger partial charge in [-0.05, 0) is 19.3 Å². The van der Waals surface area contributed by atoms with Crippen molar-refractivity contribution < 1.29 is 24.2 Å². The Bertz CT molecular complexity index is 316. The Balaban J connectivity index is 4.21. The van der Waals surface area contributed by atoms with E-state index in [0.29, 0.717) is 12.8 Å². The summed E-state index contributed by atoms with van der Waals surface area (Å²) in [5, 5.41) is 8.47. The molecule has 3 N–H and O–H groups in total. The highest BCUT2D eigenvalue weighted by Crippen LogP contribution is 2.14. The van der Waals surface area contributed by atoms with Crippen LogP contribution in [0.1, 0.15) is 52.4 Å². The van der Waals surface area contributed by atoms with E-state index in [2.05, 4.69) is 0 Å². The molecule has 0 spiro atoms. The summed E-state index contributed by atoms with van der Waals surface area (Å²) >= 11 is 0. The zero-order chi connectivity index (χ0) is 14.8. The number of carboxylic acids is 1. The van der Waals surface area contributed by atoms with Crippen LogP contribution in [0.2, 0.25) is 0 Å². The molecule has 0 aliphatic heterocycles. The van der Waals surface area contributed by atoms with Crippen molar-refractivity contribution in [3.63, 3.8) is 0 Å². The minimum Gasteiger partial charge on any atom is -0.481 e. The fraction of sp³-hybridized carbons (Fsp3) is 0.769. The van der Waals surface area contributed by atoms with Gasteiger partial charge in [0.25, 0.3) is 0 Å². The summed E-state index contributed by atoms with van der Waals surface area (Å²) in [5.41, 5.74) is 5.47. The first-order chi connectivity index (χ1) is 8.92. The summed E-state index contributed by atoms with van der Waals surface area (Å²) in [6.45, 7) is 3.88. The molecule has 2 unspecified atom stereocenters. The van der Waals surface area contributed by atoms with E-state index in [-0.39, 0.29) is 18.8 Å². The summed E-state index contributed by atoms with van der Waals surface area (Å²) in [6.07, 6.45) is 2.90. The smallest absolute Gasteiger partial charge is 0.330 e. The van der Waals surface area contributed by atoms with Gasteiger partial charge in [-0.15, -0.1) is 0 Å². The third kappa shape index (κ3) is 7.56. The van der Waals surface area contributed by atoms with Gasteiger partial charge < -0.3 is 15.6 Å². The average molecular weight is 273 g/mol. The lowest BCUT2D eigenvalue weighted by Gasteiger charge is -2.14. The van der Waals surface area contributed by atoms with Crippen LogP contribution in [0.15, 0.2) is 0 Å². The third-order valence-electron chi connectivity index (χ3n) is 2.91. The lowest BCUT2D eigenvalue weighted by Crippen LogP contribution is -2.35. The van der Waals surface area contributed by atoms with Crippen molar-refractivity contribution in [2.75, 3.05) is 0 Å². The van der Waals surface area contributed by atoms with Gasteiger partial charge in [0.05, 0.1) is 5.92 Å². The van der Waals surface area contributed by atoms with Gasteiger partial charge in [-0.25, -0.2) is 4.79 Å². The first-order valence-electron chi connectivity index (χ1n) is 6.65. The number of carbonyl (C=O) groups excluding carboxylic acids is 2. The first kappa shape index (κ1) is 17.6. The lowest BCUT2D eigenvalue weighted by atomic mass is 10.00. The molecule has 0 fully saturated rings. The van der Waals surface area contributed by atoms with Crippen LogP contribution in [-0.4, -0.2) is 29.1 Å². The molecule has 0 radical (unpaired) electrons. The Morgan fingerprint density at radius 1 is 1.16 bits per heavy atom. The van der Waals surface area contributed by atoms with Crippen LogP contribution in [0.25, 0.3) is 0 Å². The summed E-state index contributed by atoms with van der Waals surface area (Å²) in [5.74, 6) is -2.74. The number of rotatable bonds is 9. The molecule has 6 nitrogen and oxygen atoms in total. The molecule has 19 heavy (non-hydrogen) atoms. The number of ether oxygens (including phenoxy) is 1. The Morgan fingerprint density at radius 3 is 2.26 bits per heavy atom. The Labute approximate surface area is 113 Å². The van der Waals surface area contributed by atoms with Crippen molar-refractivity contribution in [3.05, 3.63) is 0 Å². The standard InChI is InChI=1S/C13H23NO5/c1-3-5-6-9(4-2)12(17)19-13(18)10(14)7-8-11(15)16/h9-10H,3-8,14H2,1-2H3,(H,15,16). The van der Waals surface area contributed by atoms with Crippen LogP contribution >= 0.6 is 0 Å². The molecule has 0 bridgehead atoms. The third-order valence-corrected chi connectivity index (χ3v) is 2.91. The van der Waals surface area contributed by atoms with Crippen molar-refractivity contribution in [1.29, 1.82) is 0 Å². The quantitative estimate of drug-likeness (QED) is 0.486. The second kappa shape index (κ2) is 9.49.